The minimum Gasteiger partial charge on any atom is -0.481 e. The van der Waals surface area contributed by atoms with Crippen molar-refractivity contribution < 1.29 is 29.0 Å². The van der Waals surface area contributed by atoms with E-state index in [1.165, 1.54) is 0 Å². The SMILES string of the molecule is CO[C@@H]1CCCCC[C@H]1NC(=O)C(CC(=O)O)NC(=O)OCC1c2ccccc2-c2ccccc21. The van der Waals surface area contributed by atoms with Crippen LogP contribution in [0.4, 0.5) is 4.79 Å². The third-order valence-corrected chi connectivity index (χ3v) is 6.91. The smallest absolute Gasteiger partial charge is 0.407 e. The fourth-order valence-electron chi connectivity index (χ4n) is 5.17. The highest BCUT2D eigenvalue weighted by Crippen LogP contribution is 2.44. The van der Waals surface area contributed by atoms with Crippen molar-refractivity contribution in [2.45, 2.75) is 62.6 Å². The summed E-state index contributed by atoms with van der Waals surface area (Å²) in [5.41, 5.74) is 4.35. The number of methoxy groups -OCH3 is 1. The molecule has 2 amide bonds. The normalized spacial score (nSPS) is 20.1. The average Bonchev–Trinajstić information content (AvgIpc) is 2.99. The molecule has 0 bridgehead atoms. The summed E-state index contributed by atoms with van der Waals surface area (Å²) >= 11 is 0. The van der Waals surface area contributed by atoms with E-state index in [0.717, 1.165) is 54.4 Å². The van der Waals surface area contributed by atoms with Gasteiger partial charge in [0.15, 0.2) is 0 Å². The van der Waals surface area contributed by atoms with Crippen LogP contribution in [0.3, 0.4) is 0 Å². The second-order valence-electron chi connectivity index (χ2n) is 9.15. The summed E-state index contributed by atoms with van der Waals surface area (Å²) in [6.07, 6.45) is 3.09. The van der Waals surface area contributed by atoms with Crippen LogP contribution in [0.5, 0.6) is 0 Å². The summed E-state index contributed by atoms with van der Waals surface area (Å²) in [5.74, 6) is -1.86. The first-order chi connectivity index (χ1) is 17.0. The van der Waals surface area contributed by atoms with Crippen molar-refractivity contribution in [2.24, 2.45) is 0 Å². The number of alkyl carbamates (subject to hydrolysis) is 1. The molecule has 8 heteroatoms. The Morgan fingerprint density at radius 3 is 2.23 bits per heavy atom. The molecule has 4 rings (SSSR count). The number of amides is 2. The van der Waals surface area contributed by atoms with E-state index in [1.807, 2.05) is 48.5 Å². The molecule has 0 aromatic heterocycles. The fourth-order valence-corrected chi connectivity index (χ4v) is 5.17. The molecule has 2 aliphatic carbocycles. The number of hydrogen-bond acceptors (Lipinski definition) is 5. The molecule has 1 saturated carbocycles. The lowest BCUT2D eigenvalue weighted by Gasteiger charge is -2.27. The van der Waals surface area contributed by atoms with Crippen LogP contribution in [-0.4, -0.2) is 55.0 Å². The molecule has 186 valence electrons. The first-order valence-corrected chi connectivity index (χ1v) is 12.1. The average molecular weight is 481 g/mol. The molecular weight excluding hydrogens is 448 g/mol. The second kappa shape index (κ2) is 11.4. The lowest BCUT2D eigenvalue weighted by Crippen LogP contribution is -2.53. The van der Waals surface area contributed by atoms with Crippen molar-refractivity contribution in [3.8, 4) is 11.1 Å². The van der Waals surface area contributed by atoms with Crippen LogP contribution in [0.1, 0.15) is 55.6 Å². The minimum absolute atomic E-state index is 0.0790. The van der Waals surface area contributed by atoms with Gasteiger partial charge in [0.2, 0.25) is 5.91 Å². The van der Waals surface area contributed by atoms with Gasteiger partial charge in [-0.15, -0.1) is 0 Å². The number of carboxylic acid groups (broad SMARTS) is 1. The highest BCUT2D eigenvalue weighted by molar-refractivity contribution is 5.89. The molecule has 8 nitrogen and oxygen atoms in total. The first kappa shape index (κ1) is 24.7. The molecule has 1 fully saturated rings. The van der Waals surface area contributed by atoms with E-state index >= 15 is 0 Å². The highest BCUT2D eigenvalue weighted by Gasteiger charge is 2.32. The fraction of sp³-hybridized carbons (Fsp3) is 0.444. The zero-order valence-electron chi connectivity index (χ0n) is 19.9. The third-order valence-electron chi connectivity index (χ3n) is 6.91. The Bertz CT molecular complexity index is 1030. The van der Waals surface area contributed by atoms with Crippen molar-refractivity contribution in [1.82, 2.24) is 10.6 Å². The Balaban J connectivity index is 1.40. The zero-order valence-corrected chi connectivity index (χ0v) is 19.9. The van der Waals surface area contributed by atoms with Gasteiger partial charge in [0.1, 0.15) is 12.6 Å². The third kappa shape index (κ3) is 5.82. The minimum atomic E-state index is -1.25. The van der Waals surface area contributed by atoms with Crippen LogP contribution in [0.15, 0.2) is 48.5 Å². The van der Waals surface area contributed by atoms with Gasteiger partial charge < -0.3 is 25.2 Å². The van der Waals surface area contributed by atoms with Crippen molar-refractivity contribution in [3.63, 3.8) is 0 Å². The number of hydrogen-bond donors (Lipinski definition) is 3. The number of rotatable bonds is 8. The van der Waals surface area contributed by atoms with E-state index in [-0.39, 0.29) is 24.7 Å². The topological polar surface area (TPSA) is 114 Å². The summed E-state index contributed by atoms with van der Waals surface area (Å²) in [6.45, 7) is 0.0790. The number of carboxylic acids is 1. The molecule has 3 N–H and O–H groups in total. The quantitative estimate of drug-likeness (QED) is 0.495. The molecule has 1 unspecified atom stereocenters. The van der Waals surface area contributed by atoms with Crippen LogP contribution in [-0.2, 0) is 19.1 Å². The zero-order chi connectivity index (χ0) is 24.8. The Hall–Kier alpha value is -3.39. The highest BCUT2D eigenvalue weighted by atomic mass is 16.5. The van der Waals surface area contributed by atoms with Gasteiger partial charge in [-0.2, -0.15) is 0 Å². The van der Waals surface area contributed by atoms with E-state index in [2.05, 4.69) is 10.6 Å². The predicted molar refractivity (Wildman–Crippen MR) is 130 cm³/mol. The molecule has 2 aliphatic rings. The van der Waals surface area contributed by atoms with E-state index in [1.54, 1.807) is 7.11 Å². The van der Waals surface area contributed by atoms with Crippen LogP contribution in [0, 0.1) is 0 Å². The van der Waals surface area contributed by atoms with Crippen LogP contribution >= 0.6 is 0 Å². The standard InChI is InChI=1S/C27H32N2O6/c1-34-24-14-4-2-3-13-22(24)28-26(32)23(15-25(30)31)29-27(33)35-16-21-19-11-7-5-9-17(19)18-10-6-8-12-20(18)21/h5-12,21-24H,2-4,13-16H2,1H3,(H,28,32)(H,29,33)(H,30,31)/t22-,23?,24-/m1/s1. The van der Waals surface area contributed by atoms with Gasteiger partial charge in [-0.25, -0.2) is 4.79 Å². The van der Waals surface area contributed by atoms with E-state index in [4.69, 9.17) is 9.47 Å². The Morgan fingerprint density at radius 2 is 1.60 bits per heavy atom. The molecule has 2 aromatic carbocycles. The molecule has 0 spiro atoms. The van der Waals surface area contributed by atoms with Crippen molar-refractivity contribution in [3.05, 3.63) is 59.7 Å². The van der Waals surface area contributed by atoms with Crippen LogP contribution in [0.25, 0.3) is 11.1 Å². The molecule has 0 radical (unpaired) electrons. The first-order valence-electron chi connectivity index (χ1n) is 12.1. The number of benzene rings is 2. The molecule has 0 aliphatic heterocycles. The lowest BCUT2D eigenvalue weighted by atomic mass is 9.98. The lowest BCUT2D eigenvalue weighted by molar-refractivity contribution is -0.140. The largest absolute Gasteiger partial charge is 0.481 e. The van der Waals surface area contributed by atoms with Gasteiger partial charge in [0.25, 0.3) is 0 Å². The molecule has 3 atom stereocenters. The molecule has 2 aromatic rings. The maximum Gasteiger partial charge on any atom is 0.407 e. The van der Waals surface area contributed by atoms with Crippen molar-refractivity contribution in [2.75, 3.05) is 13.7 Å². The van der Waals surface area contributed by atoms with Gasteiger partial charge in [-0.05, 0) is 35.1 Å². The Labute approximate surface area is 205 Å². The summed E-state index contributed by atoms with van der Waals surface area (Å²) < 4.78 is 11.0. The second-order valence-corrected chi connectivity index (χ2v) is 9.15. The number of nitrogens with one attached hydrogen (secondary N) is 2. The van der Waals surface area contributed by atoms with Gasteiger partial charge in [-0.1, -0.05) is 67.8 Å². The summed E-state index contributed by atoms with van der Waals surface area (Å²) in [4.78, 5) is 37.0. The summed E-state index contributed by atoms with van der Waals surface area (Å²) in [7, 11) is 1.61. The molecular formula is C27H32N2O6. The molecule has 0 heterocycles. The number of fused-ring (bicyclic) bond motifs is 3. The van der Waals surface area contributed by atoms with Crippen LogP contribution in [0.2, 0.25) is 0 Å². The monoisotopic (exact) mass is 480 g/mol. The van der Waals surface area contributed by atoms with Crippen molar-refractivity contribution in [1.29, 1.82) is 0 Å². The number of carbonyl (C=O) groups excluding carboxylic acids is 2. The van der Waals surface area contributed by atoms with E-state index in [0.29, 0.717) is 0 Å². The van der Waals surface area contributed by atoms with E-state index < -0.39 is 30.4 Å². The Morgan fingerprint density at radius 1 is 0.971 bits per heavy atom. The maximum absolute atomic E-state index is 12.9. The summed E-state index contributed by atoms with van der Waals surface area (Å²) in [6, 6.07) is 14.5. The number of ether oxygens (including phenoxy) is 2. The maximum atomic E-state index is 12.9. The van der Waals surface area contributed by atoms with Crippen molar-refractivity contribution >= 4 is 18.0 Å². The van der Waals surface area contributed by atoms with Gasteiger partial charge in [-0.3, -0.25) is 9.59 Å². The summed E-state index contributed by atoms with van der Waals surface area (Å²) in [5, 5.41) is 14.7. The Kier molecular flexibility index (Phi) is 8.02. The molecule has 35 heavy (non-hydrogen) atoms. The number of carbonyl (C=O) groups is 3. The number of aliphatic carboxylic acids is 1. The predicted octanol–water partition coefficient (Wildman–Crippen LogP) is 3.83. The van der Waals surface area contributed by atoms with Gasteiger partial charge in [0.05, 0.1) is 18.6 Å². The molecule has 0 saturated heterocycles. The van der Waals surface area contributed by atoms with Gasteiger partial charge >= 0.3 is 12.1 Å². The van der Waals surface area contributed by atoms with Crippen LogP contribution < -0.4 is 10.6 Å². The van der Waals surface area contributed by atoms with Gasteiger partial charge in [0, 0.05) is 13.0 Å². The van der Waals surface area contributed by atoms with E-state index in [9.17, 15) is 19.5 Å².